The first-order chi connectivity index (χ1) is 12.9. The average Bonchev–Trinajstić information content (AvgIpc) is 2.61. The summed E-state index contributed by atoms with van der Waals surface area (Å²) in [6.45, 7) is 1.66. The van der Waals surface area contributed by atoms with Crippen LogP contribution in [0.2, 0.25) is 10.0 Å². The second kappa shape index (κ2) is 7.90. The molecule has 3 rings (SSSR count). The SMILES string of the molecule is COc1ccc(Cl)cc1NC(=O)C1=C(C)NC(=O)NC1c1ccccc1Cl. The normalized spacial score (nSPS) is 16.4. The molecule has 1 atom stereocenters. The van der Waals surface area contributed by atoms with Gasteiger partial charge < -0.3 is 20.7 Å². The Kier molecular flexibility index (Phi) is 5.58. The van der Waals surface area contributed by atoms with Crippen LogP contribution in [0, 0.1) is 0 Å². The van der Waals surface area contributed by atoms with Gasteiger partial charge in [0, 0.05) is 15.7 Å². The highest BCUT2D eigenvalue weighted by molar-refractivity contribution is 6.31. The van der Waals surface area contributed by atoms with Gasteiger partial charge in [-0.25, -0.2) is 4.79 Å². The van der Waals surface area contributed by atoms with E-state index >= 15 is 0 Å². The molecule has 0 radical (unpaired) electrons. The van der Waals surface area contributed by atoms with Gasteiger partial charge in [0.15, 0.2) is 0 Å². The van der Waals surface area contributed by atoms with Crippen molar-refractivity contribution in [3.8, 4) is 5.75 Å². The topological polar surface area (TPSA) is 79.5 Å². The van der Waals surface area contributed by atoms with Crippen LogP contribution in [0.3, 0.4) is 0 Å². The Balaban J connectivity index is 2.00. The number of halogens is 2. The first kappa shape index (κ1) is 19.1. The number of benzene rings is 2. The molecule has 6 nitrogen and oxygen atoms in total. The summed E-state index contributed by atoms with van der Waals surface area (Å²) in [5, 5.41) is 9.07. The summed E-state index contributed by atoms with van der Waals surface area (Å²) in [4.78, 5) is 25.0. The number of nitrogens with one attached hydrogen (secondary N) is 3. The monoisotopic (exact) mass is 405 g/mol. The summed E-state index contributed by atoms with van der Waals surface area (Å²) in [6, 6.07) is 10.8. The number of rotatable bonds is 4. The number of carbonyl (C=O) groups is 2. The van der Waals surface area contributed by atoms with Crippen LogP contribution < -0.4 is 20.7 Å². The lowest BCUT2D eigenvalue weighted by Gasteiger charge is -2.29. The molecule has 0 spiro atoms. The van der Waals surface area contributed by atoms with Gasteiger partial charge in [-0.2, -0.15) is 0 Å². The van der Waals surface area contributed by atoms with Gasteiger partial charge in [-0.05, 0) is 36.8 Å². The summed E-state index contributed by atoms with van der Waals surface area (Å²) in [7, 11) is 1.50. The molecule has 1 unspecified atom stereocenters. The third-order valence-electron chi connectivity index (χ3n) is 4.14. The van der Waals surface area contributed by atoms with E-state index in [9.17, 15) is 9.59 Å². The van der Waals surface area contributed by atoms with Crippen LogP contribution in [-0.4, -0.2) is 19.0 Å². The number of ether oxygens (including phenoxy) is 1. The molecule has 2 aromatic rings. The maximum atomic E-state index is 13.1. The summed E-state index contributed by atoms with van der Waals surface area (Å²) in [6.07, 6.45) is 0. The molecule has 140 valence electrons. The highest BCUT2D eigenvalue weighted by Gasteiger charge is 2.32. The molecule has 27 heavy (non-hydrogen) atoms. The maximum Gasteiger partial charge on any atom is 0.319 e. The largest absolute Gasteiger partial charge is 0.495 e. The van der Waals surface area contributed by atoms with Crippen molar-refractivity contribution in [3.63, 3.8) is 0 Å². The Morgan fingerprint density at radius 3 is 2.63 bits per heavy atom. The van der Waals surface area contributed by atoms with Gasteiger partial charge in [-0.15, -0.1) is 0 Å². The fraction of sp³-hybridized carbons (Fsp3) is 0.158. The van der Waals surface area contributed by atoms with Crippen molar-refractivity contribution in [1.82, 2.24) is 10.6 Å². The minimum absolute atomic E-state index is 0.338. The van der Waals surface area contributed by atoms with Crippen molar-refractivity contribution < 1.29 is 14.3 Å². The molecule has 2 aromatic carbocycles. The first-order valence-corrected chi connectivity index (χ1v) is 8.84. The van der Waals surface area contributed by atoms with Crippen LogP contribution in [0.15, 0.2) is 53.7 Å². The van der Waals surface area contributed by atoms with Crippen molar-refractivity contribution in [2.45, 2.75) is 13.0 Å². The average molecular weight is 406 g/mol. The second-order valence-corrected chi connectivity index (χ2v) is 6.73. The van der Waals surface area contributed by atoms with E-state index in [4.69, 9.17) is 27.9 Å². The third kappa shape index (κ3) is 4.02. The van der Waals surface area contributed by atoms with Gasteiger partial charge in [-0.3, -0.25) is 4.79 Å². The van der Waals surface area contributed by atoms with Crippen molar-refractivity contribution in [2.75, 3.05) is 12.4 Å². The first-order valence-electron chi connectivity index (χ1n) is 8.08. The summed E-state index contributed by atoms with van der Waals surface area (Å²) in [5.74, 6) is 0.0542. The minimum atomic E-state index is -0.697. The van der Waals surface area contributed by atoms with Crippen LogP contribution >= 0.6 is 23.2 Å². The van der Waals surface area contributed by atoms with E-state index in [1.807, 2.05) is 0 Å². The zero-order valence-electron chi connectivity index (χ0n) is 14.6. The Bertz CT molecular complexity index is 944. The molecule has 0 fully saturated rings. The number of carbonyl (C=O) groups excluding carboxylic acids is 2. The Morgan fingerprint density at radius 2 is 1.93 bits per heavy atom. The number of hydrogen-bond donors (Lipinski definition) is 3. The van der Waals surface area contributed by atoms with Crippen LogP contribution in [0.4, 0.5) is 10.5 Å². The maximum absolute atomic E-state index is 13.1. The number of allylic oxidation sites excluding steroid dienone is 1. The summed E-state index contributed by atoms with van der Waals surface area (Å²) < 4.78 is 5.27. The molecule has 1 aliphatic rings. The van der Waals surface area contributed by atoms with E-state index in [1.54, 1.807) is 49.4 Å². The zero-order valence-corrected chi connectivity index (χ0v) is 16.1. The van der Waals surface area contributed by atoms with Gasteiger partial charge >= 0.3 is 6.03 Å². The molecular formula is C19H17Cl2N3O3. The number of urea groups is 1. The molecule has 0 bridgehead atoms. The molecule has 0 saturated carbocycles. The zero-order chi connectivity index (χ0) is 19.6. The van der Waals surface area contributed by atoms with Crippen LogP contribution in [-0.2, 0) is 4.79 Å². The van der Waals surface area contributed by atoms with Crippen molar-refractivity contribution in [3.05, 3.63) is 69.3 Å². The highest BCUT2D eigenvalue weighted by atomic mass is 35.5. The molecule has 1 aliphatic heterocycles. The van der Waals surface area contributed by atoms with E-state index in [1.165, 1.54) is 7.11 Å². The molecule has 1 heterocycles. The van der Waals surface area contributed by atoms with E-state index < -0.39 is 18.0 Å². The molecule has 3 amide bonds. The van der Waals surface area contributed by atoms with Gasteiger partial charge in [0.25, 0.3) is 5.91 Å². The minimum Gasteiger partial charge on any atom is -0.495 e. The van der Waals surface area contributed by atoms with E-state index in [0.717, 1.165) is 0 Å². The third-order valence-corrected chi connectivity index (χ3v) is 4.72. The summed E-state index contributed by atoms with van der Waals surface area (Å²) >= 11 is 12.3. The van der Waals surface area contributed by atoms with Crippen LogP contribution in [0.25, 0.3) is 0 Å². The number of hydrogen-bond acceptors (Lipinski definition) is 3. The quantitative estimate of drug-likeness (QED) is 0.710. The molecule has 8 heteroatoms. The van der Waals surface area contributed by atoms with E-state index in [-0.39, 0.29) is 0 Å². The van der Waals surface area contributed by atoms with Gasteiger partial charge in [-0.1, -0.05) is 41.4 Å². The lowest BCUT2D eigenvalue weighted by atomic mass is 9.94. The van der Waals surface area contributed by atoms with Gasteiger partial charge in [0.1, 0.15) is 5.75 Å². The smallest absolute Gasteiger partial charge is 0.319 e. The Labute approximate surface area is 166 Å². The molecule has 0 saturated heterocycles. The van der Waals surface area contributed by atoms with Crippen molar-refractivity contribution in [1.29, 1.82) is 0 Å². The number of methoxy groups -OCH3 is 1. The predicted octanol–water partition coefficient (Wildman–Crippen LogP) is 4.27. The van der Waals surface area contributed by atoms with Crippen molar-refractivity contribution >= 4 is 40.8 Å². The lowest BCUT2D eigenvalue weighted by Crippen LogP contribution is -2.46. The van der Waals surface area contributed by atoms with Gasteiger partial charge in [0.05, 0.1) is 24.4 Å². The fourth-order valence-corrected chi connectivity index (χ4v) is 3.32. The predicted molar refractivity (Wildman–Crippen MR) is 105 cm³/mol. The van der Waals surface area contributed by atoms with E-state index in [0.29, 0.717) is 38.3 Å². The summed E-state index contributed by atoms with van der Waals surface area (Å²) in [5.41, 5.74) is 1.81. The second-order valence-electron chi connectivity index (χ2n) is 5.89. The Morgan fingerprint density at radius 1 is 1.19 bits per heavy atom. The number of amides is 3. The molecule has 0 aromatic heterocycles. The van der Waals surface area contributed by atoms with Crippen molar-refractivity contribution in [2.24, 2.45) is 0 Å². The van der Waals surface area contributed by atoms with E-state index in [2.05, 4.69) is 16.0 Å². The lowest BCUT2D eigenvalue weighted by molar-refractivity contribution is -0.113. The standard InChI is InChI=1S/C19H17Cl2N3O3/c1-10-16(18(25)23-14-9-11(20)7-8-15(14)27-2)17(24-19(26)22-10)12-5-3-4-6-13(12)21/h3-9,17H,1-2H3,(H,23,25)(H2,22,24,26). The molecule has 0 aliphatic carbocycles. The van der Waals surface area contributed by atoms with Gasteiger partial charge in [0.2, 0.25) is 0 Å². The molecule has 3 N–H and O–H groups in total. The number of anilines is 1. The fourth-order valence-electron chi connectivity index (χ4n) is 2.90. The Hall–Kier alpha value is -2.70. The highest BCUT2D eigenvalue weighted by Crippen LogP contribution is 2.33. The van der Waals surface area contributed by atoms with Crippen LogP contribution in [0.1, 0.15) is 18.5 Å². The molecular weight excluding hydrogens is 389 g/mol. The van der Waals surface area contributed by atoms with Crippen LogP contribution in [0.5, 0.6) is 5.75 Å².